The van der Waals surface area contributed by atoms with Crippen molar-refractivity contribution in [3.63, 3.8) is 0 Å². The van der Waals surface area contributed by atoms with Crippen LogP contribution in [-0.4, -0.2) is 30.4 Å². The number of aromatic carboxylic acids is 1. The van der Waals surface area contributed by atoms with E-state index in [0.717, 1.165) is 5.56 Å². The number of carboxylic acid groups (broad SMARTS) is 1. The summed E-state index contributed by atoms with van der Waals surface area (Å²) in [6, 6.07) is 15.6. The summed E-state index contributed by atoms with van der Waals surface area (Å²) < 4.78 is 17.0. The van der Waals surface area contributed by atoms with Crippen LogP contribution in [0.1, 0.15) is 10.4 Å². The molecule has 2 aromatic carbocycles. The third-order valence-electron chi connectivity index (χ3n) is 3.46. The normalized spacial score (nSPS) is 10.0. The molecule has 2 aromatic heterocycles. The van der Waals surface area contributed by atoms with Gasteiger partial charge >= 0.3 is 5.97 Å². The second-order valence-electron chi connectivity index (χ2n) is 5.43. The van der Waals surface area contributed by atoms with Crippen LogP contribution in [0.4, 0.5) is 9.52 Å². The Hall–Kier alpha value is -3.72. The van der Waals surface area contributed by atoms with Crippen LogP contribution in [0.5, 0.6) is 0 Å². The summed E-state index contributed by atoms with van der Waals surface area (Å²) in [6.45, 7) is 0. The van der Waals surface area contributed by atoms with E-state index in [-0.39, 0.29) is 11.4 Å². The number of nitrogens with two attached hydrogens (primary N) is 1. The maximum absolute atomic E-state index is 12.9. The molecule has 0 bridgehead atoms. The zero-order chi connectivity index (χ0) is 19.9. The molecule has 0 aliphatic carbocycles. The van der Waals surface area contributed by atoms with Gasteiger partial charge in [-0.15, -0.1) is 0 Å². The number of carboxylic acids is 1. The molecule has 0 radical (unpaired) electrons. The Balaban J connectivity index is 0.000000167. The molecular formula is C19H14FN5O2S. The molecule has 4 aromatic rings. The average Bonchev–Trinajstić information content (AvgIpc) is 3.16. The molecule has 0 amide bonds. The van der Waals surface area contributed by atoms with Crippen LogP contribution in [0, 0.1) is 5.82 Å². The van der Waals surface area contributed by atoms with Gasteiger partial charge in [-0.3, -0.25) is 0 Å². The van der Waals surface area contributed by atoms with Gasteiger partial charge in [-0.25, -0.2) is 19.2 Å². The SMILES string of the molecule is Nc1nc(-c2ccccc2)ns1.O=C(O)c1cnc(-c2cccc(F)c2)nc1. The number of hydrogen-bond acceptors (Lipinski definition) is 7. The summed E-state index contributed by atoms with van der Waals surface area (Å²) in [5, 5.41) is 9.16. The van der Waals surface area contributed by atoms with E-state index in [2.05, 4.69) is 19.3 Å². The first-order valence-electron chi connectivity index (χ1n) is 7.99. The van der Waals surface area contributed by atoms with Crippen molar-refractivity contribution in [1.29, 1.82) is 0 Å². The van der Waals surface area contributed by atoms with Crippen LogP contribution < -0.4 is 5.73 Å². The van der Waals surface area contributed by atoms with Gasteiger partial charge in [-0.1, -0.05) is 42.5 Å². The van der Waals surface area contributed by atoms with Gasteiger partial charge in [0, 0.05) is 35.1 Å². The Labute approximate surface area is 163 Å². The van der Waals surface area contributed by atoms with E-state index in [1.54, 1.807) is 12.1 Å². The maximum Gasteiger partial charge on any atom is 0.338 e. The van der Waals surface area contributed by atoms with Crippen molar-refractivity contribution in [3.8, 4) is 22.8 Å². The molecule has 0 aliphatic rings. The van der Waals surface area contributed by atoms with E-state index in [1.165, 1.54) is 36.1 Å². The molecule has 0 fully saturated rings. The van der Waals surface area contributed by atoms with Crippen molar-refractivity contribution in [3.05, 3.63) is 78.4 Å². The number of rotatable bonds is 3. The van der Waals surface area contributed by atoms with Crippen molar-refractivity contribution in [2.45, 2.75) is 0 Å². The zero-order valence-corrected chi connectivity index (χ0v) is 15.2. The van der Waals surface area contributed by atoms with Crippen molar-refractivity contribution in [2.24, 2.45) is 0 Å². The Bertz CT molecular complexity index is 1070. The van der Waals surface area contributed by atoms with E-state index in [0.29, 0.717) is 22.3 Å². The number of carbonyl (C=O) groups is 1. The zero-order valence-electron chi connectivity index (χ0n) is 14.4. The van der Waals surface area contributed by atoms with Crippen molar-refractivity contribution in [2.75, 3.05) is 5.73 Å². The highest BCUT2D eigenvalue weighted by atomic mass is 32.1. The molecule has 0 spiro atoms. The van der Waals surface area contributed by atoms with Gasteiger partial charge in [0.1, 0.15) is 5.82 Å². The quantitative estimate of drug-likeness (QED) is 0.542. The number of hydrogen-bond donors (Lipinski definition) is 2. The minimum absolute atomic E-state index is 0.000142. The van der Waals surface area contributed by atoms with Gasteiger partial charge in [0.15, 0.2) is 16.8 Å². The fourth-order valence-electron chi connectivity index (χ4n) is 2.15. The highest BCUT2D eigenvalue weighted by molar-refractivity contribution is 7.09. The van der Waals surface area contributed by atoms with E-state index >= 15 is 0 Å². The first kappa shape index (κ1) is 19.1. The van der Waals surface area contributed by atoms with Crippen LogP contribution in [0.25, 0.3) is 22.8 Å². The number of benzene rings is 2. The number of anilines is 1. The summed E-state index contributed by atoms with van der Waals surface area (Å²) in [7, 11) is 0. The minimum atomic E-state index is -1.09. The fraction of sp³-hybridized carbons (Fsp3) is 0. The van der Waals surface area contributed by atoms with Crippen molar-refractivity contribution < 1.29 is 14.3 Å². The van der Waals surface area contributed by atoms with Gasteiger partial charge in [-0.05, 0) is 12.1 Å². The summed E-state index contributed by atoms with van der Waals surface area (Å²) in [5.41, 5.74) is 6.98. The molecule has 3 N–H and O–H groups in total. The van der Waals surface area contributed by atoms with Gasteiger partial charge < -0.3 is 10.8 Å². The fourth-order valence-corrected chi connectivity index (χ4v) is 2.61. The van der Waals surface area contributed by atoms with E-state index in [4.69, 9.17) is 10.8 Å². The summed E-state index contributed by atoms with van der Waals surface area (Å²) in [4.78, 5) is 22.3. The molecule has 0 aliphatic heterocycles. The molecular weight excluding hydrogens is 381 g/mol. The van der Waals surface area contributed by atoms with E-state index in [1.807, 2.05) is 30.3 Å². The van der Waals surface area contributed by atoms with Crippen molar-refractivity contribution in [1.82, 2.24) is 19.3 Å². The standard InChI is InChI=1S/C11H7FN2O2.C8H7N3S/c12-9-3-1-2-7(4-9)10-13-5-8(6-14-10)11(15)16;9-8-10-7(11-12-8)6-4-2-1-3-5-6/h1-6H,(H,15,16);1-5H,(H2,9,10,11). The van der Waals surface area contributed by atoms with Crippen LogP contribution >= 0.6 is 11.5 Å². The lowest BCUT2D eigenvalue weighted by molar-refractivity contribution is 0.0696. The predicted octanol–water partition coefficient (Wildman–Crippen LogP) is 3.77. The number of nitrogen functional groups attached to an aromatic ring is 1. The third-order valence-corrected chi connectivity index (χ3v) is 4.00. The van der Waals surface area contributed by atoms with Gasteiger partial charge in [0.25, 0.3) is 0 Å². The molecule has 140 valence electrons. The van der Waals surface area contributed by atoms with E-state index in [9.17, 15) is 9.18 Å². The second-order valence-corrected chi connectivity index (χ2v) is 6.22. The van der Waals surface area contributed by atoms with Crippen LogP contribution in [0.3, 0.4) is 0 Å². The summed E-state index contributed by atoms with van der Waals surface area (Å²) in [6.07, 6.45) is 2.38. The molecule has 0 unspecified atom stereocenters. The van der Waals surface area contributed by atoms with E-state index < -0.39 is 5.97 Å². The third kappa shape index (κ3) is 4.92. The largest absolute Gasteiger partial charge is 0.478 e. The molecule has 2 heterocycles. The lowest BCUT2D eigenvalue weighted by Crippen LogP contribution is -1.99. The molecule has 7 nitrogen and oxygen atoms in total. The summed E-state index contributed by atoms with van der Waals surface area (Å²) in [5.74, 6) is -0.475. The Kier molecular flexibility index (Phi) is 5.97. The molecule has 0 saturated carbocycles. The van der Waals surface area contributed by atoms with Crippen molar-refractivity contribution >= 4 is 22.6 Å². The summed E-state index contributed by atoms with van der Waals surface area (Å²) >= 11 is 1.22. The average molecular weight is 395 g/mol. The van der Waals surface area contributed by atoms with Gasteiger partial charge in [0.2, 0.25) is 0 Å². The van der Waals surface area contributed by atoms with Crippen LogP contribution in [0.15, 0.2) is 67.0 Å². The van der Waals surface area contributed by atoms with Gasteiger partial charge in [-0.2, -0.15) is 9.36 Å². The van der Waals surface area contributed by atoms with Crippen LogP contribution in [-0.2, 0) is 0 Å². The molecule has 28 heavy (non-hydrogen) atoms. The minimum Gasteiger partial charge on any atom is -0.478 e. The molecule has 0 atom stereocenters. The first-order chi connectivity index (χ1) is 13.5. The predicted molar refractivity (Wildman–Crippen MR) is 104 cm³/mol. The highest BCUT2D eigenvalue weighted by Crippen LogP contribution is 2.18. The van der Waals surface area contributed by atoms with Gasteiger partial charge in [0.05, 0.1) is 5.56 Å². The first-order valence-corrected chi connectivity index (χ1v) is 8.76. The molecule has 0 saturated heterocycles. The Morgan fingerprint density at radius 3 is 2.21 bits per heavy atom. The maximum atomic E-state index is 12.9. The van der Waals surface area contributed by atoms with Crippen LogP contribution in [0.2, 0.25) is 0 Å². The Morgan fingerprint density at radius 2 is 1.64 bits per heavy atom. The number of halogens is 1. The molecule has 4 rings (SSSR count). The highest BCUT2D eigenvalue weighted by Gasteiger charge is 2.06. The second kappa shape index (κ2) is 8.78. The lowest BCUT2D eigenvalue weighted by atomic mass is 10.2. The lowest BCUT2D eigenvalue weighted by Gasteiger charge is -2.00. The number of nitrogens with zero attached hydrogens (tertiary/aromatic N) is 4. The Morgan fingerprint density at radius 1 is 0.964 bits per heavy atom. The smallest absolute Gasteiger partial charge is 0.338 e. The molecule has 9 heteroatoms. The number of aromatic nitrogens is 4. The topological polar surface area (TPSA) is 115 Å². The monoisotopic (exact) mass is 395 g/mol.